The number of carbonyl (C=O) groups is 1. The highest BCUT2D eigenvalue weighted by Crippen LogP contribution is 2.24. The van der Waals surface area contributed by atoms with Gasteiger partial charge < -0.3 is 10.2 Å². The number of aryl methyl sites for hydroxylation is 3. The molecule has 0 aromatic heterocycles. The van der Waals surface area contributed by atoms with E-state index in [2.05, 4.69) is 33.2 Å². The Hall–Kier alpha value is -2.14. The number of ketones is 1. The maximum atomic E-state index is 12.7. The number of halogens is 1. The largest absolute Gasteiger partial charge is 0.377 e. The van der Waals surface area contributed by atoms with E-state index in [-0.39, 0.29) is 12.3 Å². The summed E-state index contributed by atoms with van der Waals surface area (Å²) in [6.07, 6.45) is 1.82. The summed E-state index contributed by atoms with van der Waals surface area (Å²) < 4.78 is 1.03. The first kappa shape index (κ1) is 20.2. The van der Waals surface area contributed by atoms with Gasteiger partial charge in [0.05, 0.1) is 18.6 Å². The van der Waals surface area contributed by atoms with Gasteiger partial charge >= 0.3 is 0 Å². The third kappa shape index (κ3) is 5.18. The van der Waals surface area contributed by atoms with Crippen molar-refractivity contribution in [2.75, 3.05) is 25.5 Å². The van der Waals surface area contributed by atoms with Gasteiger partial charge in [-0.15, -0.1) is 0 Å². The van der Waals surface area contributed by atoms with Crippen molar-refractivity contribution in [3.63, 3.8) is 0 Å². The SMILES string of the molecule is CCN(C)/C=N\c1cc(C)c(C(=O)CNc2ccc(Br)cc2C)cc1C. The lowest BCUT2D eigenvalue weighted by atomic mass is 10.00. The third-order valence-corrected chi connectivity index (χ3v) is 4.86. The Labute approximate surface area is 164 Å². The van der Waals surface area contributed by atoms with Crippen molar-refractivity contribution in [1.82, 2.24) is 4.90 Å². The Morgan fingerprint density at radius 3 is 2.54 bits per heavy atom. The Kier molecular flexibility index (Phi) is 6.98. The third-order valence-electron chi connectivity index (χ3n) is 4.36. The number of nitrogens with one attached hydrogen (secondary N) is 1. The minimum absolute atomic E-state index is 0.0779. The van der Waals surface area contributed by atoms with Crippen LogP contribution in [0.2, 0.25) is 0 Å². The Morgan fingerprint density at radius 1 is 1.15 bits per heavy atom. The van der Waals surface area contributed by atoms with Gasteiger partial charge in [-0.05, 0) is 74.7 Å². The maximum Gasteiger partial charge on any atom is 0.182 e. The number of benzene rings is 2. The van der Waals surface area contributed by atoms with E-state index in [4.69, 9.17) is 0 Å². The molecule has 0 aliphatic rings. The predicted octanol–water partition coefficient (Wildman–Crippen LogP) is 5.28. The summed E-state index contributed by atoms with van der Waals surface area (Å²) in [5.74, 6) is 0.0779. The van der Waals surface area contributed by atoms with E-state index in [1.54, 1.807) is 0 Å². The molecule has 0 aliphatic heterocycles. The van der Waals surface area contributed by atoms with Crippen molar-refractivity contribution in [3.8, 4) is 0 Å². The van der Waals surface area contributed by atoms with Crippen molar-refractivity contribution in [3.05, 3.63) is 57.1 Å². The number of hydrogen-bond acceptors (Lipinski definition) is 3. The Morgan fingerprint density at radius 2 is 1.88 bits per heavy atom. The summed E-state index contributed by atoms with van der Waals surface area (Å²) in [5.41, 5.74) is 5.66. The number of hydrogen-bond donors (Lipinski definition) is 1. The normalized spacial score (nSPS) is 11.0. The summed E-state index contributed by atoms with van der Waals surface area (Å²) in [5, 5.41) is 3.24. The van der Waals surface area contributed by atoms with Crippen molar-refractivity contribution >= 4 is 39.4 Å². The number of Topliss-reactive ketones (excluding diaryl/α,β-unsaturated/α-hetero) is 1. The standard InChI is InChI=1S/C21H26BrN3O/c1-6-25(5)13-24-20-11-14(2)18(10-16(20)4)21(26)12-23-19-8-7-17(22)9-15(19)3/h7-11,13,23H,6,12H2,1-5H3/b24-13-. The summed E-state index contributed by atoms with van der Waals surface area (Å²) in [6, 6.07) is 9.89. The lowest BCUT2D eigenvalue weighted by Gasteiger charge is -2.13. The molecule has 0 saturated carbocycles. The highest BCUT2D eigenvalue weighted by Gasteiger charge is 2.12. The first-order chi connectivity index (χ1) is 12.3. The average Bonchev–Trinajstić information content (AvgIpc) is 2.60. The molecule has 0 saturated heterocycles. The van der Waals surface area contributed by atoms with E-state index in [1.807, 2.05) is 69.4 Å². The first-order valence-electron chi connectivity index (χ1n) is 8.70. The molecule has 4 nitrogen and oxygen atoms in total. The Balaban J connectivity index is 2.13. The highest BCUT2D eigenvalue weighted by atomic mass is 79.9. The molecule has 0 aliphatic carbocycles. The molecule has 0 unspecified atom stereocenters. The number of aliphatic imine (C=N–C) groups is 1. The molecule has 2 aromatic carbocycles. The van der Waals surface area contributed by atoms with Gasteiger partial charge in [0.15, 0.2) is 5.78 Å². The monoisotopic (exact) mass is 415 g/mol. The number of nitrogens with zero attached hydrogens (tertiary/aromatic N) is 2. The molecule has 0 bridgehead atoms. The predicted molar refractivity (Wildman–Crippen MR) is 114 cm³/mol. The quantitative estimate of drug-likeness (QED) is 0.380. The summed E-state index contributed by atoms with van der Waals surface area (Å²) in [4.78, 5) is 19.2. The molecule has 0 fully saturated rings. The van der Waals surface area contributed by atoms with Crippen LogP contribution in [-0.4, -0.2) is 37.2 Å². The zero-order valence-electron chi connectivity index (χ0n) is 16.1. The van der Waals surface area contributed by atoms with E-state index in [0.29, 0.717) is 0 Å². The molecule has 2 rings (SSSR count). The Bertz CT molecular complexity index is 830. The second kappa shape index (κ2) is 8.99. The van der Waals surface area contributed by atoms with Gasteiger partial charge in [-0.2, -0.15) is 0 Å². The number of anilines is 1. The smallest absolute Gasteiger partial charge is 0.182 e. The van der Waals surface area contributed by atoms with Crippen LogP contribution < -0.4 is 5.32 Å². The van der Waals surface area contributed by atoms with Gasteiger partial charge in [-0.1, -0.05) is 15.9 Å². The average molecular weight is 416 g/mol. The maximum absolute atomic E-state index is 12.7. The van der Waals surface area contributed by atoms with E-state index in [0.717, 1.165) is 44.6 Å². The van der Waals surface area contributed by atoms with E-state index >= 15 is 0 Å². The van der Waals surface area contributed by atoms with Crippen LogP contribution >= 0.6 is 15.9 Å². The molecule has 1 N–H and O–H groups in total. The lowest BCUT2D eigenvalue weighted by Crippen LogP contribution is -2.16. The van der Waals surface area contributed by atoms with Crippen LogP contribution in [0.3, 0.4) is 0 Å². The fraction of sp³-hybridized carbons (Fsp3) is 0.333. The summed E-state index contributed by atoms with van der Waals surface area (Å²) in [7, 11) is 1.99. The summed E-state index contributed by atoms with van der Waals surface area (Å²) in [6.45, 7) is 9.21. The minimum Gasteiger partial charge on any atom is -0.377 e. The second-order valence-corrected chi connectivity index (χ2v) is 7.42. The van der Waals surface area contributed by atoms with E-state index in [1.165, 1.54) is 0 Å². The van der Waals surface area contributed by atoms with Crippen LogP contribution in [0.1, 0.15) is 34.0 Å². The zero-order valence-corrected chi connectivity index (χ0v) is 17.6. The van der Waals surface area contributed by atoms with Gasteiger partial charge in [0, 0.05) is 29.3 Å². The molecule has 0 spiro atoms. The highest BCUT2D eigenvalue weighted by molar-refractivity contribution is 9.10. The van der Waals surface area contributed by atoms with Gasteiger partial charge in [0.1, 0.15) is 0 Å². The molecule has 26 heavy (non-hydrogen) atoms. The first-order valence-corrected chi connectivity index (χ1v) is 9.50. The topological polar surface area (TPSA) is 44.7 Å². The van der Waals surface area contributed by atoms with Crippen LogP contribution in [0.25, 0.3) is 0 Å². The van der Waals surface area contributed by atoms with Crippen LogP contribution in [-0.2, 0) is 0 Å². The van der Waals surface area contributed by atoms with Crippen molar-refractivity contribution in [1.29, 1.82) is 0 Å². The summed E-state index contributed by atoms with van der Waals surface area (Å²) >= 11 is 3.45. The fourth-order valence-electron chi connectivity index (χ4n) is 2.58. The van der Waals surface area contributed by atoms with Crippen LogP contribution in [0.4, 0.5) is 11.4 Å². The van der Waals surface area contributed by atoms with E-state index in [9.17, 15) is 4.79 Å². The van der Waals surface area contributed by atoms with Crippen molar-refractivity contribution in [2.24, 2.45) is 4.99 Å². The lowest BCUT2D eigenvalue weighted by molar-refractivity contribution is 0.101. The van der Waals surface area contributed by atoms with Crippen molar-refractivity contribution < 1.29 is 4.79 Å². The van der Waals surface area contributed by atoms with Gasteiger partial charge in [-0.3, -0.25) is 4.79 Å². The molecule has 0 radical (unpaired) electrons. The molecule has 0 atom stereocenters. The molecule has 2 aromatic rings. The van der Waals surface area contributed by atoms with Crippen LogP contribution in [0.15, 0.2) is 39.8 Å². The van der Waals surface area contributed by atoms with Gasteiger partial charge in [-0.25, -0.2) is 4.99 Å². The van der Waals surface area contributed by atoms with Crippen LogP contribution in [0, 0.1) is 20.8 Å². The zero-order chi connectivity index (χ0) is 19.3. The number of rotatable bonds is 7. The number of carbonyl (C=O) groups excluding carboxylic acids is 1. The molecular formula is C21H26BrN3O. The van der Waals surface area contributed by atoms with E-state index < -0.39 is 0 Å². The minimum atomic E-state index is 0.0779. The molecule has 5 heteroatoms. The molecule has 0 heterocycles. The fourth-order valence-corrected chi connectivity index (χ4v) is 3.05. The second-order valence-electron chi connectivity index (χ2n) is 6.51. The van der Waals surface area contributed by atoms with Crippen molar-refractivity contribution in [2.45, 2.75) is 27.7 Å². The van der Waals surface area contributed by atoms with Gasteiger partial charge in [0.25, 0.3) is 0 Å². The molecule has 0 amide bonds. The molecular weight excluding hydrogens is 390 g/mol. The molecule has 138 valence electrons. The van der Waals surface area contributed by atoms with Gasteiger partial charge in [0.2, 0.25) is 0 Å². The van der Waals surface area contributed by atoms with Crippen LogP contribution in [0.5, 0.6) is 0 Å².